The van der Waals surface area contributed by atoms with Gasteiger partial charge in [0.2, 0.25) is 0 Å². The van der Waals surface area contributed by atoms with E-state index in [4.69, 9.17) is 14.2 Å². The van der Waals surface area contributed by atoms with Crippen LogP contribution in [0.2, 0.25) is 0 Å². The Hall–Kier alpha value is -3.36. The van der Waals surface area contributed by atoms with Gasteiger partial charge in [0.25, 0.3) is 0 Å². The largest absolute Gasteiger partial charge is 0.497 e. The number of fused-ring (bicyclic) bond motifs is 1. The third kappa shape index (κ3) is 5.04. The molecule has 1 N–H and O–H groups in total. The molecule has 1 saturated heterocycles. The fourth-order valence-corrected chi connectivity index (χ4v) is 3.40. The average molecular weight is 430 g/mol. The number of carbonyl (C=O) groups is 3. The topological polar surface area (TPSA) is 115 Å². The lowest BCUT2D eigenvalue weighted by Gasteiger charge is -2.26. The molecule has 1 amide bonds. The van der Waals surface area contributed by atoms with Crippen molar-refractivity contribution in [3.63, 3.8) is 0 Å². The molecule has 1 aliphatic rings. The van der Waals surface area contributed by atoms with Crippen molar-refractivity contribution in [2.75, 3.05) is 13.7 Å². The molecular weight excluding hydrogens is 404 g/mol. The summed E-state index contributed by atoms with van der Waals surface area (Å²) in [7, 11) is 1.53. The van der Waals surface area contributed by atoms with Crippen LogP contribution in [-0.2, 0) is 9.53 Å². The summed E-state index contributed by atoms with van der Waals surface area (Å²) < 4.78 is 16.7. The van der Waals surface area contributed by atoms with Gasteiger partial charge in [-0.1, -0.05) is 0 Å². The van der Waals surface area contributed by atoms with E-state index in [0.717, 1.165) is 4.90 Å². The zero-order valence-corrected chi connectivity index (χ0v) is 18.2. The van der Waals surface area contributed by atoms with Crippen molar-refractivity contribution in [3.8, 4) is 11.5 Å². The first kappa shape index (κ1) is 22.3. The molecular formula is C22H26N2O7. The summed E-state index contributed by atoms with van der Waals surface area (Å²) in [4.78, 5) is 41.7. The van der Waals surface area contributed by atoms with Crippen LogP contribution in [0, 0.1) is 0 Å². The van der Waals surface area contributed by atoms with Gasteiger partial charge in [-0.2, -0.15) is 0 Å². The molecule has 166 valence electrons. The number of pyridine rings is 1. The summed E-state index contributed by atoms with van der Waals surface area (Å²) in [5.41, 5.74) is -0.0260. The highest BCUT2D eigenvalue weighted by Gasteiger charge is 2.42. The number of nitrogens with zero attached hydrogens (tertiary/aromatic N) is 2. The van der Waals surface area contributed by atoms with Crippen molar-refractivity contribution in [1.82, 2.24) is 9.88 Å². The molecule has 0 unspecified atom stereocenters. The summed E-state index contributed by atoms with van der Waals surface area (Å²) in [5, 5.41) is 10.2. The van der Waals surface area contributed by atoms with Crippen LogP contribution in [0.4, 0.5) is 4.79 Å². The Bertz CT molecular complexity index is 1030. The van der Waals surface area contributed by atoms with Crippen LogP contribution in [0.3, 0.4) is 0 Å². The maximum atomic E-state index is 12.5. The van der Waals surface area contributed by atoms with Gasteiger partial charge in [-0.05, 0) is 32.9 Å². The molecule has 2 heterocycles. The number of ether oxygens (including phenoxy) is 3. The Morgan fingerprint density at radius 2 is 1.90 bits per heavy atom. The normalized spacial score (nSPS) is 18.7. The molecule has 0 radical (unpaired) electrons. The zero-order valence-electron chi connectivity index (χ0n) is 18.2. The third-order valence-electron chi connectivity index (χ3n) is 4.81. The van der Waals surface area contributed by atoms with E-state index in [2.05, 4.69) is 4.98 Å². The van der Waals surface area contributed by atoms with E-state index in [0.29, 0.717) is 22.4 Å². The average Bonchev–Trinajstić information content (AvgIpc) is 3.10. The highest BCUT2D eigenvalue weighted by atomic mass is 16.6. The molecule has 9 nitrogen and oxygen atoms in total. The Labute approximate surface area is 179 Å². The molecule has 9 heteroatoms. The van der Waals surface area contributed by atoms with E-state index in [-0.39, 0.29) is 24.4 Å². The molecule has 0 bridgehead atoms. The number of amides is 1. The van der Waals surface area contributed by atoms with Crippen LogP contribution in [0.25, 0.3) is 10.9 Å². The van der Waals surface area contributed by atoms with Gasteiger partial charge >= 0.3 is 12.1 Å². The number of ketones is 1. The quantitative estimate of drug-likeness (QED) is 0.719. The summed E-state index contributed by atoms with van der Waals surface area (Å²) in [6.45, 7) is 6.59. The van der Waals surface area contributed by atoms with Gasteiger partial charge in [0, 0.05) is 30.9 Å². The summed E-state index contributed by atoms with van der Waals surface area (Å²) in [6, 6.07) is 5.65. The highest BCUT2D eigenvalue weighted by Crippen LogP contribution is 2.32. The Kier molecular flexibility index (Phi) is 6.06. The molecule has 0 aliphatic carbocycles. The fraction of sp³-hybridized carbons (Fsp3) is 0.455. The molecule has 1 aliphatic heterocycles. The molecule has 0 spiro atoms. The second-order valence-corrected chi connectivity index (χ2v) is 8.41. The van der Waals surface area contributed by atoms with E-state index >= 15 is 0 Å². The third-order valence-corrected chi connectivity index (χ3v) is 4.81. The van der Waals surface area contributed by atoms with E-state index in [9.17, 15) is 19.5 Å². The standard InChI is InChI=1S/C22H26N2O7/c1-12(25)16-10-19(15-7-6-13(29-5)8-17(15)23-16)30-14-9-18(20(26)27)24(11-14)21(28)31-22(2,3)4/h6-8,10,14,18H,9,11H2,1-5H3,(H,26,27)/t14-,18+/m1/s1. The van der Waals surface area contributed by atoms with Crippen molar-refractivity contribution < 1.29 is 33.7 Å². The van der Waals surface area contributed by atoms with Crippen LogP contribution in [0.15, 0.2) is 24.3 Å². The van der Waals surface area contributed by atoms with Crippen molar-refractivity contribution in [2.45, 2.75) is 51.9 Å². The first-order valence-corrected chi connectivity index (χ1v) is 9.87. The van der Waals surface area contributed by atoms with Crippen molar-refractivity contribution in [2.24, 2.45) is 0 Å². The van der Waals surface area contributed by atoms with Crippen LogP contribution in [0.5, 0.6) is 11.5 Å². The Morgan fingerprint density at radius 3 is 2.48 bits per heavy atom. The zero-order chi connectivity index (χ0) is 22.9. The molecule has 1 aromatic heterocycles. The monoisotopic (exact) mass is 430 g/mol. The lowest BCUT2D eigenvalue weighted by Crippen LogP contribution is -2.43. The first-order chi connectivity index (χ1) is 14.5. The van der Waals surface area contributed by atoms with Gasteiger partial charge in [0.15, 0.2) is 5.78 Å². The summed E-state index contributed by atoms with van der Waals surface area (Å²) in [6.07, 6.45) is -1.22. The number of carboxylic acids is 1. The minimum atomic E-state index is -1.13. The van der Waals surface area contributed by atoms with Crippen molar-refractivity contribution in [1.29, 1.82) is 0 Å². The number of rotatable bonds is 5. The molecule has 2 atom stereocenters. The maximum absolute atomic E-state index is 12.5. The van der Waals surface area contributed by atoms with Crippen molar-refractivity contribution >= 4 is 28.7 Å². The van der Waals surface area contributed by atoms with Gasteiger partial charge in [-0.3, -0.25) is 9.69 Å². The van der Waals surface area contributed by atoms with Gasteiger partial charge in [-0.25, -0.2) is 14.6 Å². The lowest BCUT2D eigenvalue weighted by atomic mass is 10.1. The maximum Gasteiger partial charge on any atom is 0.411 e. The highest BCUT2D eigenvalue weighted by molar-refractivity contribution is 5.97. The Balaban J connectivity index is 1.92. The molecule has 3 rings (SSSR count). The van der Waals surface area contributed by atoms with Gasteiger partial charge < -0.3 is 19.3 Å². The number of hydrogen-bond acceptors (Lipinski definition) is 7. The van der Waals surface area contributed by atoms with Crippen LogP contribution in [0.1, 0.15) is 44.6 Å². The van der Waals surface area contributed by atoms with E-state index < -0.39 is 29.8 Å². The number of carboxylic acid groups (broad SMARTS) is 1. The number of benzene rings is 1. The second kappa shape index (κ2) is 8.41. The number of hydrogen-bond donors (Lipinski definition) is 1. The number of aliphatic carboxylic acids is 1. The fourth-order valence-electron chi connectivity index (χ4n) is 3.40. The molecule has 1 fully saturated rings. The van der Waals surface area contributed by atoms with E-state index in [1.807, 2.05) is 0 Å². The van der Waals surface area contributed by atoms with Crippen molar-refractivity contribution in [3.05, 3.63) is 30.0 Å². The predicted octanol–water partition coefficient (Wildman–Crippen LogP) is 3.29. The molecule has 0 saturated carbocycles. The predicted molar refractivity (Wildman–Crippen MR) is 112 cm³/mol. The SMILES string of the molecule is COc1ccc2c(O[C@@H]3C[C@@H](C(=O)O)N(C(=O)OC(C)(C)C)C3)cc(C(C)=O)nc2c1. The molecule has 2 aromatic rings. The van der Waals surface area contributed by atoms with E-state index in [1.54, 1.807) is 39.0 Å². The summed E-state index contributed by atoms with van der Waals surface area (Å²) in [5.74, 6) is -0.405. The second-order valence-electron chi connectivity index (χ2n) is 8.41. The van der Waals surface area contributed by atoms with Crippen LogP contribution >= 0.6 is 0 Å². The molecule has 1 aromatic carbocycles. The number of Topliss-reactive ketones (excluding diaryl/α,β-unsaturated/α-hetero) is 1. The number of likely N-dealkylation sites (tertiary alicyclic amines) is 1. The van der Waals surface area contributed by atoms with Gasteiger partial charge in [0.1, 0.15) is 34.9 Å². The minimum absolute atomic E-state index is 0.0429. The first-order valence-electron chi connectivity index (χ1n) is 9.87. The van der Waals surface area contributed by atoms with Crippen LogP contribution in [-0.4, -0.2) is 64.2 Å². The van der Waals surface area contributed by atoms with Gasteiger partial charge in [0.05, 0.1) is 19.2 Å². The number of methoxy groups -OCH3 is 1. The number of carbonyl (C=O) groups excluding carboxylic acids is 2. The Morgan fingerprint density at radius 1 is 1.19 bits per heavy atom. The van der Waals surface area contributed by atoms with Crippen LogP contribution < -0.4 is 9.47 Å². The number of aromatic nitrogens is 1. The van der Waals surface area contributed by atoms with E-state index in [1.165, 1.54) is 20.1 Å². The lowest BCUT2D eigenvalue weighted by molar-refractivity contribution is -0.142. The van der Waals surface area contributed by atoms with Gasteiger partial charge in [-0.15, -0.1) is 0 Å². The summed E-state index contributed by atoms with van der Waals surface area (Å²) >= 11 is 0. The molecule has 31 heavy (non-hydrogen) atoms. The smallest absolute Gasteiger partial charge is 0.411 e. The minimum Gasteiger partial charge on any atom is -0.497 e.